The minimum absolute atomic E-state index is 0.181. The minimum atomic E-state index is -0.368. The first-order valence-electron chi connectivity index (χ1n) is 5.55. The maximum Gasteiger partial charge on any atom is 0.221 e. The summed E-state index contributed by atoms with van der Waals surface area (Å²) in [5.41, 5.74) is 7.01. The normalized spacial score (nSPS) is 10.6. The van der Waals surface area contributed by atoms with Gasteiger partial charge in [-0.2, -0.15) is 0 Å². The first kappa shape index (κ1) is 12.3. The summed E-state index contributed by atoms with van der Waals surface area (Å²) in [7, 11) is 5.11. The molecule has 0 aliphatic heterocycles. The molecule has 2 N–H and O–H groups in total. The zero-order valence-electron chi connectivity index (χ0n) is 10.7. The average molecular weight is 248 g/mol. The second kappa shape index (κ2) is 4.60. The van der Waals surface area contributed by atoms with Crippen molar-refractivity contribution in [3.8, 4) is 11.5 Å². The van der Waals surface area contributed by atoms with Gasteiger partial charge in [0.15, 0.2) is 0 Å². The van der Waals surface area contributed by atoms with Crippen LogP contribution in [0.3, 0.4) is 0 Å². The standard InChI is InChI=1S/C13H16N2O3/c1-15-7-8(6-11(14)16)12-9(17-2)4-5-10(18-3)13(12)15/h4-5,7H,6H2,1-3H3,(H2,14,16). The molecular formula is C13H16N2O3. The number of benzene rings is 1. The molecule has 5 nitrogen and oxygen atoms in total. The second-order valence-corrected chi connectivity index (χ2v) is 4.10. The number of amides is 1. The summed E-state index contributed by atoms with van der Waals surface area (Å²) in [5, 5.41) is 0.873. The number of methoxy groups -OCH3 is 2. The van der Waals surface area contributed by atoms with E-state index < -0.39 is 0 Å². The van der Waals surface area contributed by atoms with E-state index >= 15 is 0 Å². The number of aromatic nitrogens is 1. The van der Waals surface area contributed by atoms with E-state index in [0.717, 1.165) is 22.2 Å². The molecule has 1 aromatic heterocycles. The summed E-state index contributed by atoms with van der Waals surface area (Å²) in [4.78, 5) is 11.1. The van der Waals surface area contributed by atoms with E-state index in [1.54, 1.807) is 14.2 Å². The number of hydrogen-bond donors (Lipinski definition) is 1. The SMILES string of the molecule is COc1ccc(OC)c2c1c(CC(N)=O)cn2C. The Hall–Kier alpha value is -2.17. The lowest BCUT2D eigenvalue weighted by atomic mass is 10.1. The number of primary amides is 1. The van der Waals surface area contributed by atoms with Crippen molar-refractivity contribution in [3.05, 3.63) is 23.9 Å². The van der Waals surface area contributed by atoms with E-state index in [2.05, 4.69) is 0 Å². The van der Waals surface area contributed by atoms with Crippen molar-refractivity contribution in [1.29, 1.82) is 0 Å². The van der Waals surface area contributed by atoms with E-state index in [1.165, 1.54) is 0 Å². The topological polar surface area (TPSA) is 66.5 Å². The highest BCUT2D eigenvalue weighted by molar-refractivity contribution is 5.96. The number of carbonyl (C=O) groups is 1. The number of nitrogens with two attached hydrogens (primary N) is 1. The smallest absolute Gasteiger partial charge is 0.221 e. The Labute approximate surface area is 105 Å². The Balaban J connectivity index is 2.77. The third-order valence-corrected chi connectivity index (χ3v) is 2.93. The predicted molar refractivity (Wildman–Crippen MR) is 68.9 cm³/mol. The first-order valence-corrected chi connectivity index (χ1v) is 5.55. The van der Waals surface area contributed by atoms with Gasteiger partial charge in [-0.3, -0.25) is 4.79 Å². The number of rotatable bonds is 4. The van der Waals surface area contributed by atoms with Gasteiger partial charge in [-0.15, -0.1) is 0 Å². The number of ether oxygens (including phenoxy) is 2. The summed E-state index contributed by atoms with van der Waals surface area (Å²) >= 11 is 0. The average Bonchev–Trinajstić information content (AvgIpc) is 2.65. The van der Waals surface area contributed by atoms with Crippen LogP contribution in [0, 0.1) is 0 Å². The molecule has 0 saturated carbocycles. The van der Waals surface area contributed by atoms with Gasteiger partial charge in [0.1, 0.15) is 11.5 Å². The molecule has 0 saturated heterocycles. The van der Waals surface area contributed by atoms with Crippen LogP contribution in [-0.2, 0) is 18.3 Å². The van der Waals surface area contributed by atoms with Crippen molar-refractivity contribution in [2.75, 3.05) is 14.2 Å². The fourth-order valence-electron chi connectivity index (χ4n) is 2.23. The van der Waals surface area contributed by atoms with Gasteiger partial charge in [0.2, 0.25) is 5.91 Å². The van der Waals surface area contributed by atoms with Crippen LogP contribution in [0.15, 0.2) is 18.3 Å². The molecule has 0 spiro atoms. The maximum absolute atomic E-state index is 11.1. The fourth-order valence-corrected chi connectivity index (χ4v) is 2.23. The van der Waals surface area contributed by atoms with Crippen molar-refractivity contribution in [2.45, 2.75) is 6.42 Å². The lowest BCUT2D eigenvalue weighted by Crippen LogP contribution is -2.13. The molecule has 0 atom stereocenters. The Morgan fingerprint density at radius 2 is 1.89 bits per heavy atom. The Morgan fingerprint density at radius 1 is 1.28 bits per heavy atom. The van der Waals surface area contributed by atoms with Crippen molar-refractivity contribution in [3.63, 3.8) is 0 Å². The molecule has 0 fully saturated rings. The zero-order chi connectivity index (χ0) is 13.3. The maximum atomic E-state index is 11.1. The molecular weight excluding hydrogens is 232 g/mol. The third kappa shape index (κ3) is 1.88. The van der Waals surface area contributed by atoms with Crippen molar-refractivity contribution >= 4 is 16.8 Å². The van der Waals surface area contributed by atoms with Crippen LogP contribution in [0.4, 0.5) is 0 Å². The largest absolute Gasteiger partial charge is 0.496 e. The van der Waals surface area contributed by atoms with Crippen molar-refractivity contribution < 1.29 is 14.3 Å². The summed E-state index contributed by atoms with van der Waals surface area (Å²) in [6.07, 6.45) is 2.06. The summed E-state index contributed by atoms with van der Waals surface area (Å²) < 4.78 is 12.6. The summed E-state index contributed by atoms with van der Waals surface area (Å²) in [6.45, 7) is 0. The Kier molecular flexibility index (Phi) is 3.14. The minimum Gasteiger partial charge on any atom is -0.496 e. The van der Waals surface area contributed by atoms with Gasteiger partial charge in [-0.25, -0.2) is 0 Å². The molecule has 5 heteroatoms. The van der Waals surface area contributed by atoms with Gasteiger partial charge in [-0.1, -0.05) is 0 Å². The molecule has 2 aromatic rings. The fraction of sp³-hybridized carbons (Fsp3) is 0.308. The van der Waals surface area contributed by atoms with Gasteiger partial charge in [0.05, 0.1) is 26.2 Å². The lowest BCUT2D eigenvalue weighted by molar-refractivity contribution is -0.117. The molecule has 1 amide bonds. The van der Waals surface area contributed by atoms with Gasteiger partial charge < -0.3 is 19.8 Å². The monoisotopic (exact) mass is 248 g/mol. The molecule has 0 aliphatic rings. The van der Waals surface area contributed by atoms with Crippen LogP contribution in [0.2, 0.25) is 0 Å². The number of hydrogen-bond acceptors (Lipinski definition) is 3. The van der Waals surface area contributed by atoms with E-state index in [1.807, 2.05) is 29.9 Å². The van der Waals surface area contributed by atoms with Crippen molar-refractivity contribution in [2.24, 2.45) is 12.8 Å². The van der Waals surface area contributed by atoms with Gasteiger partial charge in [0.25, 0.3) is 0 Å². The van der Waals surface area contributed by atoms with Gasteiger partial charge in [-0.05, 0) is 17.7 Å². The third-order valence-electron chi connectivity index (χ3n) is 2.93. The highest BCUT2D eigenvalue weighted by Gasteiger charge is 2.16. The molecule has 18 heavy (non-hydrogen) atoms. The predicted octanol–water partition coefficient (Wildman–Crippen LogP) is 1.22. The van der Waals surface area contributed by atoms with Gasteiger partial charge >= 0.3 is 0 Å². The molecule has 1 heterocycles. The van der Waals surface area contributed by atoms with Crippen LogP contribution in [0.25, 0.3) is 10.9 Å². The second-order valence-electron chi connectivity index (χ2n) is 4.10. The van der Waals surface area contributed by atoms with Crippen LogP contribution in [0.5, 0.6) is 11.5 Å². The van der Waals surface area contributed by atoms with E-state index in [-0.39, 0.29) is 12.3 Å². The molecule has 0 radical (unpaired) electrons. The Bertz CT molecular complexity index is 602. The zero-order valence-corrected chi connectivity index (χ0v) is 10.7. The van der Waals surface area contributed by atoms with Crippen LogP contribution < -0.4 is 15.2 Å². The molecule has 1 aromatic carbocycles. The molecule has 0 unspecified atom stereocenters. The first-order chi connectivity index (χ1) is 8.58. The van der Waals surface area contributed by atoms with Gasteiger partial charge in [0, 0.05) is 18.6 Å². The number of fused-ring (bicyclic) bond motifs is 1. The van der Waals surface area contributed by atoms with Crippen molar-refractivity contribution in [1.82, 2.24) is 4.57 Å². The molecule has 0 bridgehead atoms. The number of nitrogens with zero attached hydrogens (tertiary/aromatic N) is 1. The molecule has 96 valence electrons. The van der Waals surface area contributed by atoms with E-state index in [9.17, 15) is 4.79 Å². The summed E-state index contributed by atoms with van der Waals surface area (Å²) in [6, 6.07) is 3.67. The van der Waals surface area contributed by atoms with Crippen LogP contribution in [-0.4, -0.2) is 24.7 Å². The highest BCUT2D eigenvalue weighted by atomic mass is 16.5. The molecule has 0 aliphatic carbocycles. The quantitative estimate of drug-likeness (QED) is 0.884. The number of aryl methyl sites for hydroxylation is 1. The molecule has 2 rings (SSSR count). The van der Waals surface area contributed by atoms with E-state index in [4.69, 9.17) is 15.2 Å². The lowest BCUT2D eigenvalue weighted by Gasteiger charge is -2.08. The van der Waals surface area contributed by atoms with E-state index in [0.29, 0.717) is 5.75 Å². The van der Waals surface area contributed by atoms with Crippen LogP contribution >= 0.6 is 0 Å². The Morgan fingerprint density at radius 3 is 2.44 bits per heavy atom. The number of carbonyl (C=O) groups excluding carboxylic acids is 1. The summed E-state index contributed by atoms with van der Waals surface area (Å²) in [5.74, 6) is 1.08. The highest BCUT2D eigenvalue weighted by Crippen LogP contribution is 2.36. The van der Waals surface area contributed by atoms with Crippen LogP contribution in [0.1, 0.15) is 5.56 Å².